The lowest BCUT2D eigenvalue weighted by molar-refractivity contribution is 0.0999. The molecule has 0 spiro atoms. The van der Waals surface area contributed by atoms with Crippen LogP contribution in [0.1, 0.15) is 52.2 Å². The van der Waals surface area contributed by atoms with Crippen molar-refractivity contribution < 1.29 is 9.59 Å². The highest BCUT2D eigenvalue weighted by atomic mass is 32.1. The number of anilines is 2. The van der Waals surface area contributed by atoms with Crippen LogP contribution in [0, 0.1) is 6.92 Å². The van der Waals surface area contributed by atoms with Gasteiger partial charge in [-0.25, -0.2) is 4.79 Å². The molecule has 27 heavy (non-hydrogen) atoms. The van der Waals surface area contributed by atoms with Crippen molar-refractivity contribution in [3.8, 4) is 0 Å². The average molecular weight is 385 g/mol. The molecule has 0 radical (unpaired) electrons. The molecule has 2 aromatic rings. The molecule has 2 aliphatic rings. The zero-order chi connectivity index (χ0) is 19.1. The summed E-state index contributed by atoms with van der Waals surface area (Å²) in [5, 5.41) is 6.22. The summed E-state index contributed by atoms with van der Waals surface area (Å²) >= 11 is 1.50. The number of carbonyl (C=O) groups excluding carboxylic acids is 2. The molecule has 6 nitrogen and oxygen atoms in total. The molecule has 2 atom stereocenters. The number of benzene rings is 1. The van der Waals surface area contributed by atoms with E-state index in [1.54, 1.807) is 0 Å². The van der Waals surface area contributed by atoms with Gasteiger partial charge in [-0.05, 0) is 50.4 Å². The van der Waals surface area contributed by atoms with E-state index in [9.17, 15) is 9.59 Å². The van der Waals surface area contributed by atoms with E-state index in [2.05, 4.69) is 22.5 Å². The maximum absolute atomic E-state index is 12.5. The Kier molecular flexibility index (Phi) is 4.65. The minimum Gasteiger partial charge on any atom is -0.365 e. The standard InChI is InChI=1S/C20H24N4O2S/c1-3-24-13-8-9-15(24)17-14(10-13)16(18(21)25)19(27-17)23-20(26)22-12-6-4-11(2)5-7-12/h4-7,13,15H,3,8-10H2,1-2H3,(H2,21,25)(H2,22,23,26). The second kappa shape index (κ2) is 6.98. The fraction of sp³-hybridized carbons (Fsp3) is 0.400. The van der Waals surface area contributed by atoms with Gasteiger partial charge in [0.2, 0.25) is 0 Å². The van der Waals surface area contributed by atoms with Crippen LogP contribution in [0.3, 0.4) is 0 Å². The van der Waals surface area contributed by atoms with Gasteiger partial charge in [-0.2, -0.15) is 0 Å². The summed E-state index contributed by atoms with van der Waals surface area (Å²) in [5.74, 6) is -0.470. The molecule has 1 saturated heterocycles. The third-order valence-corrected chi connectivity index (χ3v) is 6.82. The van der Waals surface area contributed by atoms with Gasteiger partial charge < -0.3 is 11.1 Å². The van der Waals surface area contributed by atoms with E-state index in [-0.39, 0.29) is 6.03 Å². The molecule has 2 bridgehead atoms. The van der Waals surface area contributed by atoms with Crippen LogP contribution in [0.2, 0.25) is 0 Å². The highest BCUT2D eigenvalue weighted by Gasteiger charge is 2.42. The predicted molar refractivity (Wildman–Crippen MR) is 109 cm³/mol. The summed E-state index contributed by atoms with van der Waals surface area (Å²) in [6.07, 6.45) is 3.07. The van der Waals surface area contributed by atoms with Gasteiger partial charge in [0.05, 0.1) is 5.56 Å². The first kappa shape index (κ1) is 18.0. The number of nitrogens with two attached hydrogens (primary N) is 1. The number of nitrogens with zero attached hydrogens (tertiary/aromatic N) is 1. The Morgan fingerprint density at radius 2 is 1.96 bits per heavy atom. The van der Waals surface area contributed by atoms with Crippen molar-refractivity contribution in [2.24, 2.45) is 5.73 Å². The first-order chi connectivity index (χ1) is 13.0. The van der Waals surface area contributed by atoms with Gasteiger partial charge in [0.25, 0.3) is 5.91 Å². The summed E-state index contributed by atoms with van der Waals surface area (Å²) < 4.78 is 0. The number of rotatable bonds is 4. The zero-order valence-electron chi connectivity index (χ0n) is 15.5. The molecule has 3 amide bonds. The fourth-order valence-corrected chi connectivity index (χ4v) is 5.74. The molecule has 1 aromatic carbocycles. The molecule has 2 aliphatic heterocycles. The number of thiophene rings is 1. The van der Waals surface area contributed by atoms with E-state index in [0.29, 0.717) is 28.3 Å². The first-order valence-electron chi connectivity index (χ1n) is 9.33. The number of hydrogen-bond acceptors (Lipinski definition) is 4. The van der Waals surface area contributed by atoms with Crippen LogP contribution in [-0.2, 0) is 6.42 Å². The Morgan fingerprint density at radius 3 is 2.63 bits per heavy atom. The van der Waals surface area contributed by atoms with E-state index in [4.69, 9.17) is 5.73 Å². The Hall–Kier alpha value is -2.38. The van der Waals surface area contributed by atoms with Gasteiger partial charge in [0.1, 0.15) is 5.00 Å². The second-order valence-electron chi connectivity index (χ2n) is 7.24. The van der Waals surface area contributed by atoms with Gasteiger partial charge in [0, 0.05) is 22.6 Å². The van der Waals surface area contributed by atoms with E-state index < -0.39 is 5.91 Å². The summed E-state index contributed by atoms with van der Waals surface area (Å²) in [7, 11) is 0. The fourth-order valence-electron chi connectivity index (χ4n) is 4.36. The Bertz CT molecular complexity index is 890. The van der Waals surface area contributed by atoms with Crippen LogP contribution in [-0.4, -0.2) is 29.4 Å². The Balaban J connectivity index is 1.60. The molecule has 142 valence electrons. The van der Waals surface area contributed by atoms with E-state index in [0.717, 1.165) is 36.9 Å². The quantitative estimate of drug-likeness (QED) is 0.747. The minimum atomic E-state index is -0.470. The van der Waals surface area contributed by atoms with Crippen molar-refractivity contribution in [2.45, 2.75) is 45.2 Å². The van der Waals surface area contributed by atoms with Gasteiger partial charge in [0.15, 0.2) is 0 Å². The van der Waals surface area contributed by atoms with E-state index in [1.165, 1.54) is 16.2 Å². The highest BCUT2D eigenvalue weighted by molar-refractivity contribution is 7.17. The van der Waals surface area contributed by atoms with Crippen LogP contribution >= 0.6 is 11.3 Å². The summed E-state index contributed by atoms with van der Waals surface area (Å²) in [6, 6.07) is 8.01. The van der Waals surface area contributed by atoms with Crippen LogP contribution in [0.25, 0.3) is 0 Å². The third kappa shape index (κ3) is 3.21. The molecule has 1 fully saturated rings. The van der Waals surface area contributed by atoms with Gasteiger partial charge >= 0.3 is 6.03 Å². The number of amides is 3. The Labute approximate surface area is 162 Å². The SMILES string of the molecule is CCN1C2CCC1c1sc(NC(=O)Nc3ccc(C)cc3)c(C(N)=O)c1C2. The lowest BCUT2D eigenvalue weighted by Crippen LogP contribution is -2.37. The van der Waals surface area contributed by atoms with Crippen LogP contribution in [0.15, 0.2) is 24.3 Å². The van der Waals surface area contributed by atoms with Crippen molar-refractivity contribution in [3.63, 3.8) is 0 Å². The molecular formula is C20H24N4O2S. The predicted octanol–water partition coefficient (Wildman–Crippen LogP) is 3.88. The number of primary amides is 1. The zero-order valence-corrected chi connectivity index (χ0v) is 16.4. The number of urea groups is 1. The first-order valence-corrected chi connectivity index (χ1v) is 10.1. The maximum Gasteiger partial charge on any atom is 0.324 e. The third-order valence-electron chi connectivity index (χ3n) is 5.57. The Morgan fingerprint density at radius 1 is 1.22 bits per heavy atom. The number of carbonyl (C=O) groups is 2. The number of hydrogen-bond donors (Lipinski definition) is 3. The molecule has 4 N–H and O–H groups in total. The number of likely N-dealkylation sites (N-methyl/N-ethyl adjacent to an activating group) is 1. The minimum absolute atomic E-state index is 0.336. The lowest BCUT2D eigenvalue weighted by atomic mass is 9.96. The van der Waals surface area contributed by atoms with Gasteiger partial charge in [-0.1, -0.05) is 24.6 Å². The summed E-state index contributed by atoms with van der Waals surface area (Å²) in [6.45, 7) is 5.16. The molecule has 0 saturated carbocycles. The van der Waals surface area contributed by atoms with E-state index >= 15 is 0 Å². The van der Waals surface area contributed by atoms with Crippen LogP contribution < -0.4 is 16.4 Å². The lowest BCUT2D eigenvalue weighted by Gasteiger charge is -2.33. The average Bonchev–Trinajstić information content (AvgIpc) is 3.14. The highest BCUT2D eigenvalue weighted by Crippen LogP contribution is 2.50. The van der Waals surface area contributed by atoms with Crippen molar-refractivity contribution in [1.82, 2.24) is 4.90 Å². The maximum atomic E-state index is 12.5. The monoisotopic (exact) mass is 384 g/mol. The molecule has 2 unspecified atom stereocenters. The molecule has 7 heteroatoms. The number of nitrogens with one attached hydrogen (secondary N) is 2. The largest absolute Gasteiger partial charge is 0.365 e. The molecule has 0 aliphatic carbocycles. The van der Waals surface area contributed by atoms with Gasteiger partial charge in [-0.15, -0.1) is 11.3 Å². The smallest absolute Gasteiger partial charge is 0.324 e. The normalized spacial score (nSPS) is 21.0. The molecule has 3 heterocycles. The molecule has 4 rings (SSSR count). The molecular weight excluding hydrogens is 360 g/mol. The van der Waals surface area contributed by atoms with Crippen molar-refractivity contribution in [3.05, 3.63) is 45.8 Å². The van der Waals surface area contributed by atoms with Crippen molar-refractivity contribution in [1.29, 1.82) is 0 Å². The summed E-state index contributed by atoms with van der Waals surface area (Å²) in [5.41, 5.74) is 9.04. The number of aryl methyl sites for hydroxylation is 1. The topological polar surface area (TPSA) is 87.5 Å². The van der Waals surface area contributed by atoms with Crippen molar-refractivity contribution in [2.75, 3.05) is 17.2 Å². The van der Waals surface area contributed by atoms with Crippen molar-refractivity contribution >= 4 is 34.0 Å². The summed E-state index contributed by atoms with van der Waals surface area (Å²) in [4.78, 5) is 28.3. The van der Waals surface area contributed by atoms with Crippen LogP contribution in [0.5, 0.6) is 0 Å². The number of fused-ring (bicyclic) bond motifs is 4. The molecule has 1 aromatic heterocycles. The second-order valence-corrected chi connectivity index (χ2v) is 8.29. The van der Waals surface area contributed by atoms with Crippen LogP contribution in [0.4, 0.5) is 15.5 Å². The van der Waals surface area contributed by atoms with E-state index in [1.807, 2.05) is 31.2 Å². The van der Waals surface area contributed by atoms with Gasteiger partial charge in [-0.3, -0.25) is 15.0 Å².